The van der Waals surface area contributed by atoms with Crippen molar-refractivity contribution in [3.63, 3.8) is 0 Å². The monoisotopic (exact) mass is 245 g/mol. The molecule has 0 amide bonds. The van der Waals surface area contributed by atoms with Crippen LogP contribution in [0.2, 0.25) is 0 Å². The molecule has 1 unspecified atom stereocenters. The lowest BCUT2D eigenvalue weighted by Gasteiger charge is -2.28. The van der Waals surface area contributed by atoms with E-state index in [2.05, 4.69) is 42.7 Å². The van der Waals surface area contributed by atoms with Crippen LogP contribution in [-0.2, 0) is 0 Å². The molecule has 1 fully saturated rings. The van der Waals surface area contributed by atoms with E-state index >= 15 is 0 Å². The fraction of sp³-hybridized carbons (Fsp3) is 0.467. The molecule has 1 aliphatic heterocycles. The number of nitrogens with one attached hydrogen (secondary N) is 1. The summed E-state index contributed by atoms with van der Waals surface area (Å²) in [5, 5.41) is 7.25. The van der Waals surface area contributed by atoms with Crippen LogP contribution in [0, 0.1) is 6.92 Å². The van der Waals surface area contributed by atoms with Crippen molar-refractivity contribution in [2.45, 2.75) is 38.6 Å². The predicted octanol–water partition coefficient (Wildman–Crippen LogP) is 4.07. The highest BCUT2D eigenvalue weighted by atomic mass is 32.1. The highest BCUT2D eigenvalue weighted by Crippen LogP contribution is 2.32. The van der Waals surface area contributed by atoms with Gasteiger partial charge in [-0.15, -0.1) is 11.3 Å². The van der Waals surface area contributed by atoms with E-state index in [1.807, 2.05) is 11.3 Å². The maximum atomic E-state index is 3.53. The second kappa shape index (κ2) is 4.43. The van der Waals surface area contributed by atoms with Gasteiger partial charge in [0.25, 0.3) is 0 Å². The Balaban J connectivity index is 1.96. The number of hydrogen-bond acceptors (Lipinski definition) is 2. The molecule has 0 aliphatic carbocycles. The summed E-state index contributed by atoms with van der Waals surface area (Å²) in [5.41, 5.74) is 2.96. The maximum absolute atomic E-state index is 3.53. The first-order chi connectivity index (χ1) is 8.24. The SMILES string of the molecule is Cc1csc2ccc([C@H]3CCNC(C)C3)cc12. The van der Waals surface area contributed by atoms with E-state index in [0.717, 1.165) is 12.5 Å². The summed E-state index contributed by atoms with van der Waals surface area (Å²) >= 11 is 1.86. The zero-order chi connectivity index (χ0) is 11.8. The van der Waals surface area contributed by atoms with E-state index in [4.69, 9.17) is 0 Å². The van der Waals surface area contributed by atoms with Gasteiger partial charge in [-0.05, 0) is 73.2 Å². The molecule has 2 aromatic rings. The average Bonchev–Trinajstić information content (AvgIpc) is 2.71. The molecule has 0 radical (unpaired) electrons. The third kappa shape index (κ3) is 2.12. The smallest absolute Gasteiger partial charge is 0.0345 e. The quantitative estimate of drug-likeness (QED) is 0.798. The van der Waals surface area contributed by atoms with Gasteiger partial charge in [0, 0.05) is 10.7 Å². The average molecular weight is 245 g/mol. The van der Waals surface area contributed by atoms with Gasteiger partial charge < -0.3 is 5.32 Å². The van der Waals surface area contributed by atoms with Gasteiger partial charge in [-0.3, -0.25) is 0 Å². The molecule has 0 saturated carbocycles. The van der Waals surface area contributed by atoms with Crippen molar-refractivity contribution in [1.82, 2.24) is 5.32 Å². The summed E-state index contributed by atoms with van der Waals surface area (Å²) in [6.45, 7) is 5.67. The van der Waals surface area contributed by atoms with Crippen molar-refractivity contribution in [2.24, 2.45) is 0 Å². The Bertz CT molecular complexity index is 529. The van der Waals surface area contributed by atoms with Crippen LogP contribution >= 0.6 is 11.3 Å². The molecule has 1 saturated heterocycles. The third-order valence-electron chi connectivity index (χ3n) is 3.89. The molecule has 1 N–H and O–H groups in total. The molecule has 1 aliphatic rings. The minimum Gasteiger partial charge on any atom is -0.314 e. The van der Waals surface area contributed by atoms with Gasteiger partial charge in [-0.25, -0.2) is 0 Å². The Kier molecular flexibility index (Phi) is 2.93. The van der Waals surface area contributed by atoms with Gasteiger partial charge in [0.2, 0.25) is 0 Å². The zero-order valence-corrected chi connectivity index (χ0v) is 11.3. The van der Waals surface area contributed by atoms with Gasteiger partial charge in [0.15, 0.2) is 0 Å². The first-order valence-corrected chi connectivity index (χ1v) is 7.33. The van der Waals surface area contributed by atoms with Crippen molar-refractivity contribution in [3.8, 4) is 0 Å². The van der Waals surface area contributed by atoms with E-state index in [1.165, 1.54) is 34.1 Å². The van der Waals surface area contributed by atoms with Crippen LogP contribution in [-0.4, -0.2) is 12.6 Å². The molecule has 2 heteroatoms. The molecule has 1 aromatic carbocycles. The normalized spacial score (nSPS) is 25.3. The van der Waals surface area contributed by atoms with E-state index < -0.39 is 0 Å². The first-order valence-electron chi connectivity index (χ1n) is 6.45. The van der Waals surface area contributed by atoms with Gasteiger partial charge in [0.1, 0.15) is 0 Å². The molecule has 2 atom stereocenters. The van der Waals surface area contributed by atoms with Crippen LogP contribution in [0.15, 0.2) is 23.6 Å². The van der Waals surface area contributed by atoms with Crippen LogP contribution in [0.5, 0.6) is 0 Å². The van der Waals surface area contributed by atoms with Gasteiger partial charge in [0.05, 0.1) is 0 Å². The topological polar surface area (TPSA) is 12.0 Å². The molecular formula is C15H19NS. The van der Waals surface area contributed by atoms with Crippen molar-refractivity contribution >= 4 is 21.4 Å². The Labute approximate surface area is 107 Å². The number of piperidine rings is 1. The van der Waals surface area contributed by atoms with E-state index in [9.17, 15) is 0 Å². The van der Waals surface area contributed by atoms with Crippen LogP contribution < -0.4 is 5.32 Å². The molecule has 3 rings (SSSR count). The highest BCUT2D eigenvalue weighted by molar-refractivity contribution is 7.17. The summed E-state index contributed by atoms with van der Waals surface area (Å²) in [6, 6.07) is 7.72. The lowest BCUT2D eigenvalue weighted by Crippen LogP contribution is -2.34. The van der Waals surface area contributed by atoms with Crippen molar-refractivity contribution < 1.29 is 0 Å². The van der Waals surface area contributed by atoms with E-state index in [1.54, 1.807) is 0 Å². The highest BCUT2D eigenvalue weighted by Gasteiger charge is 2.20. The number of thiophene rings is 1. The fourth-order valence-electron chi connectivity index (χ4n) is 2.86. The Hall–Kier alpha value is -0.860. The van der Waals surface area contributed by atoms with Gasteiger partial charge in [-0.2, -0.15) is 0 Å². The summed E-state index contributed by atoms with van der Waals surface area (Å²) < 4.78 is 1.42. The Morgan fingerprint density at radius 2 is 2.24 bits per heavy atom. The summed E-state index contributed by atoms with van der Waals surface area (Å²) in [4.78, 5) is 0. The zero-order valence-electron chi connectivity index (χ0n) is 10.5. The minimum absolute atomic E-state index is 0.660. The number of fused-ring (bicyclic) bond motifs is 1. The summed E-state index contributed by atoms with van der Waals surface area (Å²) in [7, 11) is 0. The number of rotatable bonds is 1. The summed E-state index contributed by atoms with van der Waals surface area (Å²) in [5.74, 6) is 0.745. The van der Waals surface area contributed by atoms with Crippen LogP contribution in [0.3, 0.4) is 0 Å². The minimum atomic E-state index is 0.660. The largest absolute Gasteiger partial charge is 0.314 e. The Morgan fingerprint density at radius 3 is 3.06 bits per heavy atom. The lowest BCUT2D eigenvalue weighted by molar-refractivity contribution is 0.381. The van der Waals surface area contributed by atoms with Gasteiger partial charge in [-0.1, -0.05) is 6.07 Å². The van der Waals surface area contributed by atoms with E-state index in [0.29, 0.717) is 6.04 Å². The second-order valence-electron chi connectivity index (χ2n) is 5.25. The second-order valence-corrected chi connectivity index (χ2v) is 6.16. The van der Waals surface area contributed by atoms with Crippen LogP contribution in [0.1, 0.15) is 36.8 Å². The number of hydrogen-bond donors (Lipinski definition) is 1. The van der Waals surface area contributed by atoms with Crippen molar-refractivity contribution in [1.29, 1.82) is 0 Å². The molecule has 2 heterocycles. The van der Waals surface area contributed by atoms with E-state index in [-0.39, 0.29) is 0 Å². The molecule has 0 spiro atoms. The Morgan fingerprint density at radius 1 is 1.35 bits per heavy atom. The molecular weight excluding hydrogens is 226 g/mol. The molecule has 1 nitrogen and oxygen atoms in total. The summed E-state index contributed by atoms with van der Waals surface area (Å²) in [6.07, 6.45) is 2.55. The molecule has 0 bridgehead atoms. The third-order valence-corrected chi connectivity index (χ3v) is 4.97. The number of aryl methyl sites for hydroxylation is 1. The van der Waals surface area contributed by atoms with Crippen LogP contribution in [0.25, 0.3) is 10.1 Å². The maximum Gasteiger partial charge on any atom is 0.0345 e. The molecule has 1 aromatic heterocycles. The lowest BCUT2D eigenvalue weighted by atomic mass is 9.86. The fourth-order valence-corrected chi connectivity index (χ4v) is 3.79. The molecule has 17 heavy (non-hydrogen) atoms. The van der Waals surface area contributed by atoms with Crippen molar-refractivity contribution in [3.05, 3.63) is 34.7 Å². The van der Waals surface area contributed by atoms with Crippen LogP contribution in [0.4, 0.5) is 0 Å². The van der Waals surface area contributed by atoms with Gasteiger partial charge >= 0.3 is 0 Å². The standard InChI is InChI=1S/C15H19NS/c1-10-9-17-15-4-3-12(8-14(10)15)13-5-6-16-11(2)7-13/h3-4,8-9,11,13,16H,5-7H2,1-2H3/t11?,13-/m0/s1. The van der Waals surface area contributed by atoms with Crippen molar-refractivity contribution in [2.75, 3.05) is 6.54 Å². The molecule has 90 valence electrons. The first kappa shape index (κ1) is 11.2. The predicted molar refractivity (Wildman–Crippen MR) is 76.0 cm³/mol. The number of benzene rings is 1.